The highest BCUT2D eigenvalue weighted by Gasteiger charge is 2.13. The molecular weight excluding hydrogens is 427 g/mol. The smallest absolute Gasteiger partial charge is 0.289 e. The van der Waals surface area contributed by atoms with Crippen LogP contribution in [0.2, 0.25) is 10.0 Å². The monoisotopic (exact) mass is 434 g/mol. The first-order valence-electron chi connectivity index (χ1n) is 6.33. The Morgan fingerprint density at radius 1 is 1.27 bits per heavy atom. The Labute approximate surface area is 153 Å². The second-order valence-corrected chi connectivity index (χ2v) is 8.61. The van der Waals surface area contributed by atoms with Gasteiger partial charge in [0.05, 0.1) is 28.9 Å². The molecule has 0 aliphatic rings. The fraction of sp³-hybridized carbons (Fsp3) is 0.143. The highest BCUT2D eigenvalue weighted by Crippen LogP contribution is 2.32. The standard InChI is InChI=1S/C14H9BrCl2N2OS2/c1-2-19-12-8(4-3-7(16)11(12)17)22-14(19)18-13(20)9-5-6-10(15)21-9/h3-6H,2H2,1H3. The zero-order valence-corrected chi connectivity index (χ0v) is 16.0. The summed E-state index contributed by atoms with van der Waals surface area (Å²) in [6.07, 6.45) is 0. The van der Waals surface area contributed by atoms with E-state index < -0.39 is 0 Å². The van der Waals surface area contributed by atoms with Crippen molar-refractivity contribution in [2.24, 2.45) is 4.99 Å². The van der Waals surface area contributed by atoms with E-state index in [-0.39, 0.29) is 5.91 Å². The van der Waals surface area contributed by atoms with Gasteiger partial charge in [-0.15, -0.1) is 11.3 Å². The molecule has 0 spiro atoms. The Kier molecular flexibility index (Phi) is 4.75. The molecule has 2 heterocycles. The molecule has 0 saturated heterocycles. The van der Waals surface area contributed by atoms with E-state index in [0.717, 1.165) is 14.0 Å². The Morgan fingerprint density at radius 2 is 2.05 bits per heavy atom. The lowest BCUT2D eigenvalue weighted by Crippen LogP contribution is -2.15. The van der Waals surface area contributed by atoms with Crippen LogP contribution in [0.5, 0.6) is 0 Å². The molecule has 0 radical (unpaired) electrons. The third-order valence-electron chi connectivity index (χ3n) is 3.03. The van der Waals surface area contributed by atoms with Crippen LogP contribution in [0.3, 0.4) is 0 Å². The number of carbonyl (C=O) groups is 1. The van der Waals surface area contributed by atoms with Crippen molar-refractivity contribution < 1.29 is 4.79 Å². The zero-order valence-electron chi connectivity index (χ0n) is 11.3. The fourth-order valence-electron chi connectivity index (χ4n) is 2.05. The predicted molar refractivity (Wildman–Crippen MR) is 97.4 cm³/mol. The molecule has 0 bridgehead atoms. The van der Waals surface area contributed by atoms with Crippen LogP contribution in [0.1, 0.15) is 16.6 Å². The number of hydrogen-bond donors (Lipinski definition) is 0. The van der Waals surface area contributed by atoms with Gasteiger partial charge in [-0.3, -0.25) is 4.79 Å². The van der Waals surface area contributed by atoms with Crippen LogP contribution >= 0.6 is 61.8 Å². The van der Waals surface area contributed by atoms with Gasteiger partial charge in [0.1, 0.15) is 0 Å². The first kappa shape index (κ1) is 16.2. The van der Waals surface area contributed by atoms with Gasteiger partial charge in [0.15, 0.2) is 4.80 Å². The molecule has 0 N–H and O–H groups in total. The Hall–Kier alpha value is -0.660. The third-order valence-corrected chi connectivity index (χ3v) is 6.48. The molecule has 0 unspecified atom stereocenters. The first-order valence-corrected chi connectivity index (χ1v) is 9.51. The molecule has 0 saturated carbocycles. The lowest BCUT2D eigenvalue weighted by atomic mass is 10.3. The minimum Gasteiger partial charge on any atom is -0.315 e. The van der Waals surface area contributed by atoms with Crippen LogP contribution in [0.15, 0.2) is 33.0 Å². The minimum absolute atomic E-state index is 0.258. The molecule has 3 rings (SSSR count). The van der Waals surface area contributed by atoms with Gasteiger partial charge in [-0.25, -0.2) is 0 Å². The van der Waals surface area contributed by atoms with Crippen molar-refractivity contribution in [3.8, 4) is 0 Å². The number of thiophene rings is 1. The molecule has 3 nitrogen and oxygen atoms in total. The van der Waals surface area contributed by atoms with Crippen molar-refractivity contribution >= 4 is 77.9 Å². The average Bonchev–Trinajstić information content (AvgIpc) is 3.06. The Bertz CT molecular complexity index is 942. The highest BCUT2D eigenvalue weighted by atomic mass is 79.9. The third kappa shape index (κ3) is 2.90. The Morgan fingerprint density at radius 3 is 2.68 bits per heavy atom. The second-order valence-electron chi connectivity index (χ2n) is 4.36. The van der Waals surface area contributed by atoms with Crippen molar-refractivity contribution in [1.82, 2.24) is 4.57 Å². The molecule has 0 aliphatic heterocycles. The van der Waals surface area contributed by atoms with Crippen molar-refractivity contribution in [2.45, 2.75) is 13.5 Å². The van der Waals surface area contributed by atoms with Gasteiger partial charge in [0.25, 0.3) is 5.91 Å². The topological polar surface area (TPSA) is 34.4 Å². The molecule has 8 heteroatoms. The fourth-order valence-corrected chi connectivity index (χ4v) is 4.90. The Balaban J connectivity index is 2.20. The number of aromatic nitrogens is 1. The number of halogens is 3. The molecule has 0 fully saturated rings. The summed E-state index contributed by atoms with van der Waals surface area (Å²) in [5.41, 5.74) is 0.820. The molecule has 0 atom stereocenters. The maximum Gasteiger partial charge on any atom is 0.289 e. The lowest BCUT2D eigenvalue weighted by Gasteiger charge is -2.03. The van der Waals surface area contributed by atoms with Gasteiger partial charge >= 0.3 is 0 Å². The van der Waals surface area contributed by atoms with Crippen LogP contribution in [-0.2, 0) is 6.54 Å². The van der Waals surface area contributed by atoms with E-state index in [1.54, 1.807) is 12.1 Å². The number of fused-ring (bicyclic) bond motifs is 1. The van der Waals surface area contributed by atoms with Crippen molar-refractivity contribution in [3.63, 3.8) is 0 Å². The molecule has 1 amide bonds. The average molecular weight is 436 g/mol. The maximum atomic E-state index is 12.3. The number of rotatable bonds is 2. The van der Waals surface area contributed by atoms with Gasteiger partial charge in [0, 0.05) is 6.54 Å². The summed E-state index contributed by atoms with van der Waals surface area (Å²) in [4.78, 5) is 17.7. The molecule has 114 valence electrons. The first-order chi connectivity index (χ1) is 10.5. The lowest BCUT2D eigenvalue weighted by molar-refractivity contribution is 0.100. The SMILES string of the molecule is CCn1c(=NC(=O)c2ccc(Br)s2)sc2ccc(Cl)c(Cl)c21. The van der Waals surface area contributed by atoms with Gasteiger partial charge in [-0.05, 0) is 47.1 Å². The molecule has 1 aromatic carbocycles. The van der Waals surface area contributed by atoms with E-state index in [2.05, 4.69) is 20.9 Å². The van der Waals surface area contributed by atoms with E-state index in [1.807, 2.05) is 23.6 Å². The van der Waals surface area contributed by atoms with Gasteiger partial charge in [0.2, 0.25) is 0 Å². The highest BCUT2D eigenvalue weighted by molar-refractivity contribution is 9.11. The van der Waals surface area contributed by atoms with E-state index in [0.29, 0.717) is 26.3 Å². The van der Waals surface area contributed by atoms with E-state index in [9.17, 15) is 4.79 Å². The largest absolute Gasteiger partial charge is 0.315 e. The van der Waals surface area contributed by atoms with Crippen molar-refractivity contribution in [3.05, 3.63) is 47.8 Å². The quantitative estimate of drug-likeness (QED) is 0.516. The minimum atomic E-state index is -0.258. The number of amides is 1. The molecule has 22 heavy (non-hydrogen) atoms. The van der Waals surface area contributed by atoms with Crippen LogP contribution in [0.25, 0.3) is 10.2 Å². The number of nitrogens with zero attached hydrogens (tertiary/aromatic N) is 2. The van der Waals surface area contributed by atoms with E-state index >= 15 is 0 Å². The normalized spacial score (nSPS) is 12.3. The van der Waals surface area contributed by atoms with Crippen LogP contribution in [-0.4, -0.2) is 10.5 Å². The summed E-state index contributed by atoms with van der Waals surface area (Å²) in [7, 11) is 0. The summed E-state index contributed by atoms with van der Waals surface area (Å²) in [5, 5.41) is 0.985. The van der Waals surface area contributed by atoms with Gasteiger partial charge in [-0.1, -0.05) is 34.5 Å². The molecule has 2 aromatic heterocycles. The van der Waals surface area contributed by atoms with Crippen LogP contribution in [0.4, 0.5) is 0 Å². The second kappa shape index (κ2) is 6.45. The molecule has 3 aromatic rings. The maximum absolute atomic E-state index is 12.3. The number of aryl methyl sites for hydroxylation is 1. The number of hydrogen-bond acceptors (Lipinski definition) is 3. The van der Waals surface area contributed by atoms with E-state index in [1.165, 1.54) is 22.7 Å². The molecule has 0 aliphatic carbocycles. The number of carbonyl (C=O) groups excluding carboxylic acids is 1. The predicted octanol–water partition coefficient (Wildman–Crippen LogP) is 5.59. The molecular formula is C14H9BrCl2N2OS2. The van der Waals surface area contributed by atoms with E-state index in [4.69, 9.17) is 23.2 Å². The van der Waals surface area contributed by atoms with Crippen molar-refractivity contribution in [1.29, 1.82) is 0 Å². The summed E-state index contributed by atoms with van der Waals surface area (Å²) >= 11 is 18.5. The van der Waals surface area contributed by atoms with Crippen LogP contribution in [0, 0.1) is 0 Å². The van der Waals surface area contributed by atoms with Gasteiger partial charge < -0.3 is 4.57 Å². The summed E-state index contributed by atoms with van der Waals surface area (Å²) in [6, 6.07) is 7.24. The number of thiazole rings is 1. The van der Waals surface area contributed by atoms with Crippen molar-refractivity contribution in [2.75, 3.05) is 0 Å². The summed E-state index contributed by atoms with van der Waals surface area (Å²) < 4.78 is 3.77. The summed E-state index contributed by atoms with van der Waals surface area (Å²) in [6.45, 7) is 2.63. The van der Waals surface area contributed by atoms with Gasteiger partial charge in [-0.2, -0.15) is 4.99 Å². The van der Waals surface area contributed by atoms with Crippen LogP contribution < -0.4 is 4.80 Å². The zero-order chi connectivity index (χ0) is 15.9. The summed E-state index contributed by atoms with van der Waals surface area (Å²) in [5.74, 6) is -0.258. The number of benzene rings is 1.